The summed E-state index contributed by atoms with van der Waals surface area (Å²) in [7, 11) is 0. The van der Waals surface area contributed by atoms with Gasteiger partial charge in [-0.1, -0.05) is 0 Å². The molecule has 0 aliphatic rings. The summed E-state index contributed by atoms with van der Waals surface area (Å²) in [6, 6.07) is 14.0. The quantitative estimate of drug-likeness (QED) is 0.300. The molecule has 0 aliphatic heterocycles. The van der Waals surface area contributed by atoms with Gasteiger partial charge in [0, 0.05) is 0 Å². The van der Waals surface area contributed by atoms with Crippen molar-refractivity contribution in [3.05, 3.63) is 60.7 Å². The zero-order valence-electron chi connectivity index (χ0n) is 14.0. The van der Waals surface area contributed by atoms with Gasteiger partial charge in [0.2, 0.25) is 0 Å². The molecule has 0 unspecified atom stereocenters. The van der Waals surface area contributed by atoms with E-state index < -0.39 is 0 Å². The molecule has 0 saturated carbocycles. The molecule has 2 N–H and O–H groups in total. The van der Waals surface area contributed by atoms with Gasteiger partial charge in [0.15, 0.2) is 0 Å². The number of nitrogen functional groups attached to an aromatic ring is 1. The molecule has 130 valence electrons. The van der Waals surface area contributed by atoms with Crippen LogP contribution in [-0.2, 0) is 6.54 Å². The number of nitrogens with two attached hydrogens (primary N) is 1. The van der Waals surface area contributed by atoms with E-state index >= 15 is 0 Å². The van der Waals surface area contributed by atoms with E-state index in [1.165, 1.54) is 6.33 Å². The van der Waals surface area contributed by atoms with Crippen molar-refractivity contribution in [3.8, 4) is 0 Å². The van der Waals surface area contributed by atoms with E-state index in [1.807, 2.05) is 41.0 Å². The summed E-state index contributed by atoms with van der Waals surface area (Å²) < 4.78 is 1.97. The van der Waals surface area contributed by atoms with Crippen LogP contribution in [0.15, 0.2) is 55.1 Å². The number of nitrogens with zero attached hydrogens (tertiary/aromatic N) is 4. The zero-order valence-corrected chi connectivity index (χ0v) is 15.7. The average Bonchev–Trinajstić information content (AvgIpc) is 3.09. The van der Waals surface area contributed by atoms with Gasteiger partial charge in [-0.05, 0) is 0 Å². The minimum atomic E-state index is 0.206. The first-order chi connectivity index (χ1) is 12.7. The van der Waals surface area contributed by atoms with Crippen molar-refractivity contribution in [2.75, 3.05) is 5.73 Å². The van der Waals surface area contributed by atoms with Crippen LogP contribution in [0.1, 0.15) is 10.4 Å². The molecule has 2 aromatic heterocycles. The molecular weight excluding hydrogens is 393 g/mol. The molecular formula is C19H17N5OSe. The van der Waals surface area contributed by atoms with E-state index in [0.717, 1.165) is 33.8 Å². The van der Waals surface area contributed by atoms with Crippen molar-refractivity contribution < 1.29 is 4.79 Å². The van der Waals surface area contributed by atoms with Gasteiger partial charge in [-0.15, -0.1) is 0 Å². The van der Waals surface area contributed by atoms with E-state index in [0.29, 0.717) is 16.7 Å². The fourth-order valence-corrected chi connectivity index (χ4v) is 4.56. The third kappa shape index (κ3) is 3.31. The van der Waals surface area contributed by atoms with E-state index in [9.17, 15) is 4.79 Å². The van der Waals surface area contributed by atoms with Crippen LogP contribution < -0.4 is 5.73 Å². The Kier molecular flexibility index (Phi) is 4.65. The van der Waals surface area contributed by atoms with Gasteiger partial charge in [-0.25, -0.2) is 0 Å². The Bertz CT molecular complexity index is 1090. The van der Waals surface area contributed by atoms with Crippen molar-refractivity contribution in [1.29, 1.82) is 0 Å². The third-order valence-electron chi connectivity index (χ3n) is 4.21. The molecule has 2 aromatic carbocycles. The third-order valence-corrected chi connectivity index (χ3v) is 6.18. The number of Topliss-reactive ketones (excluding diaryl/α,β-unsaturated/α-hetero) is 1. The van der Waals surface area contributed by atoms with Crippen molar-refractivity contribution in [1.82, 2.24) is 19.5 Å². The number of aryl methyl sites for hydroxylation is 1. The maximum atomic E-state index is 12.5. The summed E-state index contributed by atoms with van der Waals surface area (Å²) in [5, 5.41) is 3.78. The number of fused-ring (bicyclic) bond motifs is 2. The first-order valence-electron chi connectivity index (χ1n) is 8.23. The molecule has 4 rings (SSSR count). The van der Waals surface area contributed by atoms with Gasteiger partial charge in [0.25, 0.3) is 0 Å². The molecule has 26 heavy (non-hydrogen) atoms. The average molecular weight is 410 g/mol. The molecule has 0 radical (unpaired) electrons. The second-order valence-electron chi connectivity index (χ2n) is 5.91. The SMILES string of the molecule is Nc1ncnc2c1ncn2CC[Se]CC(=O)c1ccc2ccccc2c1. The van der Waals surface area contributed by atoms with Crippen LogP contribution in [-0.4, -0.2) is 40.3 Å². The number of ketones is 1. The van der Waals surface area contributed by atoms with Gasteiger partial charge in [0.1, 0.15) is 0 Å². The molecule has 0 spiro atoms. The van der Waals surface area contributed by atoms with Crippen LogP contribution in [0.4, 0.5) is 5.82 Å². The van der Waals surface area contributed by atoms with Crippen LogP contribution in [0.5, 0.6) is 0 Å². The predicted octanol–water partition coefficient (Wildman–Crippen LogP) is 2.99. The first-order valence-corrected chi connectivity index (χ1v) is 10.7. The Labute approximate surface area is 156 Å². The molecule has 2 heterocycles. The van der Waals surface area contributed by atoms with E-state index in [2.05, 4.69) is 21.0 Å². The summed E-state index contributed by atoms with van der Waals surface area (Å²) >= 11 is 0.220. The number of aromatic nitrogens is 4. The van der Waals surface area contributed by atoms with Crippen molar-refractivity contribution >= 4 is 48.5 Å². The van der Waals surface area contributed by atoms with Gasteiger partial charge in [0.05, 0.1) is 0 Å². The fraction of sp³-hybridized carbons (Fsp3) is 0.158. The van der Waals surface area contributed by atoms with Crippen LogP contribution in [0, 0.1) is 0 Å². The summed E-state index contributed by atoms with van der Waals surface area (Å²) in [6.45, 7) is 0.776. The molecule has 0 atom stereocenters. The van der Waals surface area contributed by atoms with Gasteiger partial charge >= 0.3 is 156 Å². The van der Waals surface area contributed by atoms with Crippen LogP contribution in [0.3, 0.4) is 0 Å². The number of hydrogen-bond acceptors (Lipinski definition) is 5. The molecule has 7 heteroatoms. The summed E-state index contributed by atoms with van der Waals surface area (Å²) in [5.41, 5.74) is 7.97. The Morgan fingerprint density at radius 1 is 1.08 bits per heavy atom. The number of hydrogen-bond donors (Lipinski definition) is 1. The second-order valence-corrected chi connectivity index (χ2v) is 8.23. The number of carbonyl (C=O) groups is 1. The summed E-state index contributed by atoms with van der Waals surface area (Å²) in [4.78, 5) is 24.9. The molecule has 6 nitrogen and oxygen atoms in total. The summed E-state index contributed by atoms with van der Waals surface area (Å²) in [6.07, 6.45) is 3.18. The number of benzene rings is 2. The van der Waals surface area contributed by atoms with Crippen molar-refractivity contribution in [3.63, 3.8) is 0 Å². The van der Waals surface area contributed by atoms with Crippen molar-refractivity contribution in [2.45, 2.75) is 17.2 Å². The molecule has 0 fully saturated rings. The number of carbonyl (C=O) groups excluding carboxylic acids is 1. The molecule has 0 aliphatic carbocycles. The topological polar surface area (TPSA) is 86.7 Å². The molecule has 0 saturated heterocycles. The Morgan fingerprint density at radius 3 is 2.81 bits per heavy atom. The number of imidazole rings is 1. The van der Waals surface area contributed by atoms with E-state index in [-0.39, 0.29) is 20.7 Å². The van der Waals surface area contributed by atoms with Crippen LogP contribution in [0.25, 0.3) is 21.9 Å². The first kappa shape index (κ1) is 16.7. The Hall–Kier alpha value is -2.76. The zero-order chi connectivity index (χ0) is 17.9. The minimum absolute atomic E-state index is 0.206. The maximum absolute atomic E-state index is 12.5. The van der Waals surface area contributed by atoms with Gasteiger partial charge in [-0.3, -0.25) is 0 Å². The normalized spacial score (nSPS) is 11.2. The van der Waals surface area contributed by atoms with E-state index in [1.54, 1.807) is 6.33 Å². The van der Waals surface area contributed by atoms with Gasteiger partial charge < -0.3 is 0 Å². The molecule has 0 amide bonds. The molecule has 4 aromatic rings. The Balaban J connectivity index is 1.36. The predicted molar refractivity (Wildman–Crippen MR) is 103 cm³/mol. The second kappa shape index (κ2) is 7.23. The standard InChI is InChI=1S/C19H17N5OSe/c20-18-17-19(22-11-21-18)24(12-23-17)7-8-26-10-16(25)15-6-5-13-3-1-2-4-14(13)9-15/h1-6,9,11-12H,7-8,10H2,(H2,20,21,22). The molecule has 0 bridgehead atoms. The Morgan fingerprint density at radius 2 is 1.92 bits per heavy atom. The number of rotatable bonds is 6. The fourth-order valence-electron chi connectivity index (χ4n) is 2.84. The monoisotopic (exact) mass is 411 g/mol. The van der Waals surface area contributed by atoms with Crippen molar-refractivity contribution in [2.24, 2.45) is 0 Å². The number of anilines is 1. The van der Waals surface area contributed by atoms with Crippen LogP contribution in [0.2, 0.25) is 10.6 Å². The van der Waals surface area contributed by atoms with E-state index in [4.69, 9.17) is 5.73 Å². The van der Waals surface area contributed by atoms with Gasteiger partial charge in [-0.2, -0.15) is 0 Å². The summed E-state index contributed by atoms with van der Waals surface area (Å²) in [5.74, 6) is 0.601. The van der Waals surface area contributed by atoms with Crippen LogP contribution >= 0.6 is 0 Å².